The molecule has 0 radical (unpaired) electrons. The summed E-state index contributed by atoms with van der Waals surface area (Å²) < 4.78 is 0. The molecule has 14 rings (SSSR count). The van der Waals surface area contributed by atoms with Crippen molar-refractivity contribution in [2.45, 2.75) is 13.8 Å². The number of hydrogen-bond acceptors (Lipinski definition) is 2. The highest BCUT2D eigenvalue weighted by atomic mass is 15.2. The van der Waals surface area contributed by atoms with Gasteiger partial charge in [-0.1, -0.05) is 279 Å². The summed E-state index contributed by atoms with van der Waals surface area (Å²) in [6, 6.07) is 120. The van der Waals surface area contributed by atoms with Crippen LogP contribution in [-0.4, -0.2) is 0 Å². The first kappa shape index (κ1) is 51.4. The Hall–Kier alpha value is -10.8. The highest BCUT2D eigenvalue weighted by Crippen LogP contribution is 2.51. The van der Waals surface area contributed by atoms with E-state index < -0.39 is 0 Å². The highest BCUT2D eigenvalue weighted by molar-refractivity contribution is 6.02. The van der Waals surface area contributed by atoms with E-state index in [1.807, 2.05) is 0 Å². The van der Waals surface area contributed by atoms with Crippen LogP contribution in [0.4, 0.5) is 34.1 Å². The van der Waals surface area contributed by atoms with Gasteiger partial charge in [0.25, 0.3) is 0 Å². The Labute approximate surface area is 493 Å². The Morgan fingerprint density at radius 3 is 0.798 bits per heavy atom. The van der Waals surface area contributed by atoms with Gasteiger partial charge in [-0.25, -0.2) is 0 Å². The Morgan fingerprint density at radius 2 is 0.464 bits per heavy atom. The number of rotatable bonds is 13. The SMILES string of the molecule is Cc1cc(-c2ccc(N(c3ccc(-c4cccc5ccccc45)cc3)c3c(-c4ccccc4)cccc3-c3ccccc3)c(C)c2)ccc1N(c1ccc(-c2cccc3ccccc23)cc1)c1c(-c2ccccc2)cccc1-c1ccccc1. The summed E-state index contributed by atoms with van der Waals surface area (Å²) in [6.07, 6.45) is 0. The molecule has 0 saturated carbocycles. The molecule has 0 aliphatic carbocycles. The third kappa shape index (κ3) is 9.80. The Balaban J connectivity index is 0.912. The molecule has 0 unspecified atom stereocenters. The molecular weight excluding hydrogens is 1010 g/mol. The van der Waals surface area contributed by atoms with Gasteiger partial charge in [0.05, 0.1) is 11.4 Å². The molecule has 0 N–H and O–H groups in total. The lowest BCUT2D eigenvalue weighted by atomic mass is 9.92. The van der Waals surface area contributed by atoms with Gasteiger partial charge in [0.15, 0.2) is 0 Å². The van der Waals surface area contributed by atoms with E-state index in [1.54, 1.807) is 0 Å². The average molecular weight is 1070 g/mol. The molecule has 2 nitrogen and oxygen atoms in total. The maximum absolute atomic E-state index is 2.49. The van der Waals surface area contributed by atoms with Gasteiger partial charge >= 0.3 is 0 Å². The zero-order valence-electron chi connectivity index (χ0n) is 47.1. The van der Waals surface area contributed by atoms with Crippen LogP contribution < -0.4 is 9.80 Å². The molecule has 2 heteroatoms. The van der Waals surface area contributed by atoms with Gasteiger partial charge in [0, 0.05) is 45.0 Å². The molecule has 0 aliphatic rings. The van der Waals surface area contributed by atoms with Gasteiger partial charge in [0.2, 0.25) is 0 Å². The minimum Gasteiger partial charge on any atom is -0.309 e. The van der Waals surface area contributed by atoms with Crippen LogP contribution in [0.5, 0.6) is 0 Å². The molecule has 14 aromatic rings. The number of fused-ring (bicyclic) bond motifs is 2. The maximum Gasteiger partial charge on any atom is 0.0618 e. The van der Waals surface area contributed by atoms with Gasteiger partial charge in [-0.2, -0.15) is 0 Å². The molecule has 0 aromatic heterocycles. The summed E-state index contributed by atoms with van der Waals surface area (Å²) in [4.78, 5) is 4.98. The summed E-state index contributed by atoms with van der Waals surface area (Å²) >= 11 is 0. The lowest BCUT2D eigenvalue weighted by molar-refractivity contribution is 1.24. The van der Waals surface area contributed by atoms with Crippen molar-refractivity contribution in [2.24, 2.45) is 0 Å². The second-order valence-corrected chi connectivity index (χ2v) is 21.7. The third-order valence-electron chi connectivity index (χ3n) is 16.5. The zero-order chi connectivity index (χ0) is 56.3. The lowest BCUT2D eigenvalue weighted by Crippen LogP contribution is -2.14. The first-order valence-electron chi connectivity index (χ1n) is 29.0. The van der Waals surface area contributed by atoms with Crippen molar-refractivity contribution in [3.63, 3.8) is 0 Å². The maximum atomic E-state index is 2.49. The molecule has 0 spiro atoms. The van der Waals surface area contributed by atoms with Gasteiger partial charge in [-0.15, -0.1) is 0 Å². The van der Waals surface area contributed by atoms with Crippen molar-refractivity contribution < 1.29 is 0 Å². The van der Waals surface area contributed by atoms with Crippen LogP contribution in [0.3, 0.4) is 0 Å². The van der Waals surface area contributed by atoms with E-state index in [1.165, 1.54) is 43.8 Å². The smallest absolute Gasteiger partial charge is 0.0618 e. The Bertz CT molecular complexity index is 4220. The monoisotopic (exact) mass is 1070 g/mol. The number of benzene rings is 14. The van der Waals surface area contributed by atoms with E-state index in [0.29, 0.717) is 0 Å². The quantitative estimate of drug-likeness (QED) is 0.114. The molecule has 0 amide bonds. The second kappa shape index (κ2) is 22.6. The van der Waals surface area contributed by atoms with Crippen molar-refractivity contribution in [1.29, 1.82) is 0 Å². The molecule has 0 bridgehead atoms. The van der Waals surface area contributed by atoms with Crippen LogP contribution in [0, 0.1) is 13.8 Å². The Kier molecular flexibility index (Phi) is 13.8. The van der Waals surface area contributed by atoms with Crippen molar-refractivity contribution in [3.05, 3.63) is 339 Å². The van der Waals surface area contributed by atoms with Gasteiger partial charge in [-0.3, -0.25) is 0 Å². The van der Waals surface area contributed by atoms with Crippen molar-refractivity contribution in [3.8, 4) is 77.9 Å². The van der Waals surface area contributed by atoms with E-state index in [0.717, 1.165) is 101 Å². The molecule has 0 atom stereocenters. The van der Waals surface area contributed by atoms with E-state index >= 15 is 0 Å². The van der Waals surface area contributed by atoms with E-state index in [2.05, 4.69) is 351 Å². The second-order valence-electron chi connectivity index (χ2n) is 21.7. The molecule has 14 aromatic carbocycles. The molecule has 0 aliphatic heterocycles. The first-order chi connectivity index (χ1) is 41.5. The van der Waals surface area contributed by atoms with Crippen molar-refractivity contribution in [2.75, 3.05) is 9.80 Å². The largest absolute Gasteiger partial charge is 0.309 e. The fourth-order valence-electron chi connectivity index (χ4n) is 12.5. The standard InChI is InChI=1S/C82H60N2/c1-57-55-67(47-53-79(57)83(69-49-43-65(44-50-69)73-37-19-33-59-31-15-17-35-71(59)73)81-75(61-23-7-3-8-24-61)39-21-40-76(81)62-25-9-4-10-26-62)68-48-54-80(58(2)56-68)84(70-51-45-66(46-52-70)74-38-20-34-60-32-16-18-36-72(60)74)82-77(63-27-11-5-12-28-63)41-22-42-78(82)64-29-13-6-14-30-64/h3-56H,1-2H3. The summed E-state index contributed by atoms with van der Waals surface area (Å²) in [5, 5.41) is 4.95. The fraction of sp³-hybridized carbons (Fsp3) is 0.0244. The van der Waals surface area contributed by atoms with E-state index in [4.69, 9.17) is 0 Å². The van der Waals surface area contributed by atoms with Gasteiger partial charge in [0.1, 0.15) is 0 Å². The van der Waals surface area contributed by atoms with Gasteiger partial charge in [-0.05, 0) is 151 Å². The van der Waals surface area contributed by atoms with E-state index in [9.17, 15) is 0 Å². The minimum absolute atomic E-state index is 1.08. The molecular formula is C82H60N2. The molecule has 0 saturated heterocycles. The number of nitrogens with zero attached hydrogens (tertiary/aromatic N) is 2. The third-order valence-corrected chi connectivity index (χ3v) is 16.5. The fourth-order valence-corrected chi connectivity index (χ4v) is 12.5. The van der Waals surface area contributed by atoms with E-state index in [-0.39, 0.29) is 0 Å². The number of hydrogen-bond donors (Lipinski definition) is 0. The molecule has 84 heavy (non-hydrogen) atoms. The summed E-state index contributed by atoms with van der Waals surface area (Å²) in [6.45, 7) is 4.53. The zero-order valence-corrected chi connectivity index (χ0v) is 47.1. The normalized spacial score (nSPS) is 11.2. The number of anilines is 6. The van der Waals surface area contributed by atoms with Crippen LogP contribution in [0.15, 0.2) is 328 Å². The molecule has 398 valence electrons. The topological polar surface area (TPSA) is 6.48 Å². The molecule has 0 heterocycles. The average Bonchev–Trinajstić information content (AvgIpc) is 1.64. The number of aryl methyl sites for hydroxylation is 2. The van der Waals surface area contributed by atoms with Gasteiger partial charge < -0.3 is 9.80 Å². The van der Waals surface area contributed by atoms with Crippen molar-refractivity contribution >= 4 is 55.7 Å². The lowest BCUT2D eigenvalue weighted by Gasteiger charge is -2.32. The van der Waals surface area contributed by atoms with Crippen LogP contribution in [-0.2, 0) is 0 Å². The van der Waals surface area contributed by atoms with Crippen LogP contribution in [0.2, 0.25) is 0 Å². The first-order valence-corrected chi connectivity index (χ1v) is 29.0. The summed E-state index contributed by atoms with van der Waals surface area (Å²) in [7, 11) is 0. The molecule has 0 fully saturated rings. The van der Waals surface area contributed by atoms with Crippen LogP contribution >= 0.6 is 0 Å². The minimum atomic E-state index is 1.08. The van der Waals surface area contributed by atoms with Crippen LogP contribution in [0.1, 0.15) is 11.1 Å². The predicted molar refractivity (Wildman–Crippen MR) is 358 cm³/mol. The highest BCUT2D eigenvalue weighted by Gasteiger charge is 2.26. The Morgan fingerprint density at radius 1 is 0.202 bits per heavy atom. The predicted octanol–water partition coefficient (Wildman–Crippen LogP) is 23.2. The summed E-state index contributed by atoms with van der Waals surface area (Å²) in [5.41, 5.74) is 25.3. The van der Waals surface area contributed by atoms with Crippen LogP contribution in [0.25, 0.3) is 99.4 Å². The number of para-hydroxylation sites is 2. The van der Waals surface area contributed by atoms with Crippen molar-refractivity contribution in [1.82, 2.24) is 0 Å². The summed E-state index contributed by atoms with van der Waals surface area (Å²) in [5.74, 6) is 0.